The number of aromatic nitrogens is 4. The molecule has 0 saturated heterocycles. The summed E-state index contributed by atoms with van der Waals surface area (Å²) in [6, 6.07) is 7.27. The molecule has 0 atom stereocenters. The van der Waals surface area contributed by atoms with Gasteiger partial charge in [-0.15, -0.1) is 10.2 Å². The highest BCUT2D eigenvalue weighted by molar-refractivity contribution is 7.15. The molecule has 0 fully saturated rings. The van der Waals surface area contributed by atoms with Gasteiger partial charge in [0.15, 0.2) is 0 Å². The van der Waals surface area contributed by atoms with Crippen LogP contribution in [0, 0.1) is 0 Å². The number of hydrogen-bond acceptors (Lipinski definition) is 7. The van der Waals surface area contributed by atoms with Crippen LogP contribution in [0.15, 0.2) is 42.9 Å². The van der Waals surface area contributed by atoms with E-state index in [1.165, 1.54) is 11.3 Å². The van der Waals surface area contributed by atoms with Crippen molar-refractivity contribution >= 4 is 28.2 Å². The molecule has 0 spiro atoms. The molecular weight excluding hydrogens is 348 g/mol. The van der Waals surface area contributed by atoms with Gasteiger partial charge in [-0.25, -0.2) is 4.98 Å². The quantitative estimate of drug-likeness (QED) is 0.716. The highest BCUT2D eigenvalue weighted by Crippen LogP contribution is 2.28. The van der Waals surface area contributed by atoms with Crippen LogP contribution in [0.3, 0.4) is 0 Å². The van der Waals surface area contributed by atoms with Gasteiger partial charge in [-0.1, -0.05) is 32.1 Å². The monoisotopic (exact) mass is 368 g/mol. The molecule has 0 radical (unpaired) electrons. The van der Waals surface area contributed by atoms with Crippen LogP contribution in [0.1, 0.15) is 41.7 Å². The first-order valence-corrected chi connectivity index (χ1v) is 8.98. The van der Waals surface area contributed by atoms with Gasteiger partial charge in [0.25, 0.3) is 5.91 Å². The lowest BCUT2D eigenvalue weighted by Gasteiger charge is -2.12. The van der Waals surface area contributed by atoms with E-state index < -0.39 is 0 Å². The maximum absolute atomic E-state index is 12.6. The van der Waals surface area contributed by atoms with Crippen LogP contribution < -0.4 is 10.6 Å². The molecule has 134 valence electrons. The lowest BCUT2D eigenvalue weighted by Crippen LogP contribution is -2.15. The number of nitrogens with one attached hydrogen (secondary N) is 2. The molecule has 0 aromatic carbocycles. The van der Waals surface area contributed by atoms with Crippen molar-refractivity contribution in [2.24, 2.45) is 0 Å². The highest BCUT2D eigenvalue weighted by atomic mass is 32.1. The number of hydrogen-bond donors (Lipinski definition) is 2. The fourth-order valence-electron chi connectivity index (χ4n) is 2.16. The molecule has 3 aromatic heterocycles. The maximum Gasteiger partial charge on any atom is 0.261 e. The van der Waals surface area contributed by atoms with Crippen LogP contribution in [-0.4, -0.2) is 26.1 Å². The normalized spacial score (nSPS) is 11.2. The molecule has 0 bridgehead atoms. The van der Waals surface area contributed by atoms with Crippen LogP contribution >= 0.6 is 11.3 Å². The van der Waals surface area contributed by atoms with Crippen molar-refractivity contribution in [2.45, 2.75) is 32.7 Å². The summed E-state index contributed by atoms with van der Waals surface area (Å²) in [4.78, 5) is 20.9. The molecule has 3 heterocycles. The number of nitrogens with zero attached hydrogens (tertiary/aromatic N) is 4. The number of carbonyl (C=O) groups is 1. The number of anilines is 2. The average molecular weight is 368 g/mol. The van der Waals surface area contributed by atoms with Crippen molar-refractivity contribution in [3.8, 4) is 0 Å². The summed E-state index contributed by atoms with van der Waals surface area (Å²) in [5.41, 5.74) is 1.40. The molecule has 0 unspecified atom stereocenters. The minimum absolute atomic E-state index is 0.105. The third-order valence-electron chi connectivity index (χ3n) is 3.55. The van der Waals surface area contributed by atoms with Crippen LogP contribution in [0.5, 0.6) is 0 Å². The van der Waals surface area contributed by atoms with E-state index in [-0.39, 0.29) is 11.3 Å². The van der Waals surface area contributed by atoms with E-state index in [1.54, 1.807) is 30.7 Å². The zero-order valence-electron chi connectivity index (χ0n) is 14.9. The van der Waals surface area contributed by atoms with Crippen molar-refractivity contribution in [1.29, 1.82) is 0 Å². The maximum atomic E-state index is 12.6. The predicted octanol–water partition coefficient (Wildman–Crippen LogP) is 3.49. The van der Waals surface area contributed by atoms with Crippen molar-refractivity contribution in [3.05, 3.63) is 59.0 Å². The minimum Gasteiger partial charge on any atom is -0.365 e. The van der Waals surface area contributed by atoms with E-state index in [1.807, 2.05) is 12.1 Å². The predicted molar refractivity (Wildman–Crippen MR) is 102 cm³/mol. The van der Waals surface area contributed by atoms with Gasteiger partial charge in [-0.05, 0) is 29.8 Å². The second-order valence-electron chi connectivity index (χ2n) is 6.73. The van der Waals surface area contributed by atoms with Crippen molar-refractivity contribution in [1.82, 2.24) is 20.2 Å². The SMILES string of the molecule is CC(C)(C)c1nnc(NC(=O)c2cccnc2NCc2ccncc2)s1. The summed E-state index contributed by atoms with van der Waals surface area (Å²) in [6.45, 7) is 6.72. The number of amides is 1. The molecule has 1 amide bonds. The fourth-order valence-corrected chi connectivity index (χ4v) is 2.95. The first-order chi connectivity index (χ1) is 12.4. The Kier molecular flexibility index (Phi) is 5.22. The highest BCUT2D eigenvalue weighted by Gasteiger charge is 2.21. The molecule has 3 aromatic rings. The molecule has 3 rings (SSSR count). The second-order valence-corrected chi connectivity index (χ2v) is 7.70. The molecule has 0 aliphatic heterocycles. The van der Waals surface area contributed by atoms with Gasteiger partial charge in [-0.3, -0.25) is 15.1 Å². The Hall–Kier alpha value is -2.87. The average Bonchev–Trinajstić information content (AvgIpc) is 3.10. The first-order valence-electron chi connectivity index (χ1n) is 8.16. The van der Waals surface area contributed by atoms with Gasteiger partial charge in [0.1, 0.15) is 10.8 Å². The smallest absolute Gasteiger partial charge is 0.261 e. The largest absolute Gasteiger partial charge is 0.365 e. The lowest BCUT2D eigenvalue weighted by molar-refractivity contribution is 0.102. The van der Waals surface area contributed by atoms with Gasteiger partial charge in [-0.2, -0.15) is 0 Å². The summed E-state index contributed by atoms with van der Waals surface area (Å²) in [7, 11) is 0. The van der Waals surface area contributed by atoms with Crippen molar-refractivity contribution in [3.63, 3.8) is 0 Å². The summed E-state index contributed by atoms with van der Waals surface area (Å²) < 4.78 is 0. The van der Waals surface area contributed by atoms with Gasteiger partial charge in [0.05, 0.1) is 5.56 Å². The molecule has 0 aliphatic carbocycles. The van der Waals surface area contributed by atoms with E-state index >= 15 is 0 Å². The Labute approximate surface area is 155 Å². The zero-order valence-corrected chi connectivity index (χ0v) is 15.7. The Bertz CT molecular complexity index is 888. The van der Waals surface area contributed by atoms with E-state index in [9.17, 15) is 4.79 Å². The molecule has 26 heavy (non-hydrogen) atoms. The van der Waals surface area contributed by atoms with E-state index in [0.717, 1.165) is 10.6 Å². The van der Waals surface area contributed by atoms with Crippen LogP contribution in [0.25, 0.3) is 0 Å². The van der Waals surface area contributed by atoms with Crippen molar-refractivity contribution in [2.75, 3.05) is 10.6 Å². The Morgan fingerprint density at radius 2 is 1.88 bits per heavy atom. The fraction of sp³-hybridized carbons (Fsp3) is 0.278. The van der Waals surface area contributed by atoms with Gasteiger partial charge in [0, 0.05) is 30.6 Å². The molecule has 7 nitrogen and oxygen atoms in total. The van der Waals surface area contributed by atoms with Gasteiger partial charge in [0.2, 0.25) is 5.13 Å². The zero-order chi connectivity index (χ0) is 18.6. The summed E-state index contributed by atoms with van der Waals surface area (Å²) in [6.07, 6.45) is 5.10. The Balaban J connectivity index is 1.72. The number of carbonyl (C=O) groups excluding carboxylic acids is 1. The van der Waals surface area contributed by atoms with Gasteiger partial charge >= 0.3 is 0 Å². The van der Waals surface area contributed by atoms with Gasteiger partial charge < -0.3 is 5.32 Å². The lowest BCUT2D eigenvalue weighted by atomic mass is 9.98. The van der Waals surface area contributed by atoms with Crippen LogP contribution in [0.4, 0.5) is 10.9 Å². The molecule has 8 heteroatoms. The topological polar surface area (TPSA) is 92.7 Å². The van der Waals surface area contributed by atoms with E-state index in [2.05, 4.69) is 51.6 Å². The summed E-state index contributed by atoms with van der Waals surface area (Å²) in [5.74, 6) is 0.245. The second kappa shape index (κ2) is 7.57. The molecule has 2 N–H and O–H groups in total. The molecule has 0 saturated carbocycles. The van der Waals surface area contributed by atoms with Crippen LogP contribution in [-0.2, 0) is 12.0 Å². The summed E-state index contributed by atoms with van der Waals surface area (Å²) >= 11 is 1.38. The Morgan fingerprint density at radius 3 is 2.58 bits per heavy atom. The first kappa shape index (κ1) is 17.9. The van der Waals surface area contributed by atoms with Crippen molar-refractivity contribution < 1.29 is 4.79 Å². The number of pyridine rings is 2. The summed E-state index contributed by atoms with van der Waals surface area (Å²) in [5, 5.41) is 15.6. The number of rotatable bonds is 5. The van der Waals surface area contributed by atoms with E-state index in [4.69, 9.17) is 0 Å². The van der Waals surface area contributed by atoms with Crippen LogP contribution in [0.2, 0.25) is 0 Å². The molecular formula is C18H20N6OS. The van der Waals surface area contributed by atoms with E-state index in [0.29, 0.717) is 23.1 Å². The third-order valence-corrected chi connectivity index (χ3v) is 4.81. The third kappa shape index (κ3) is 4.40. The Morgan fingerprint density at radius 1 is 1.12 bits per heavy atom. The standard InChI is InChI=1S/C18H20N6OS/c1-18(2,3)16-23-24-17(26-16)22-15(25)13-5-4-8-20-14(13)21-11-12-6-9-19-10-7-12/h4-10H,11H2,1-3H3,(H,20,21)(H,22,24,25). The minimum atomic E-state index is -0.271. The molecule has 0 aliphatic rings.